The molecule has 0 radical (unpaired) electrons. The molecule has 0 unspecified atom stereocenters. The van der Waals surface area contributed by atoms with Gasteiger partial charge < -0.3 is 10.6 Å². The molecule has 116 valence electrons. The van der Waals surface area contributed by atoms with Gasteiger partial charge in [-0.3, -0.25) is 4.99 Å². The van der Waals surface area contributed by atoms with Crippen molar-refractivity contribution < 1.29 is 0 Å². The fourth-order valence-electron chi connectivity index (χ4n) is 2.44. The monoisotopic (exact) mass is 295 g/mol. The molecule has 2 aromatic carbocycles. The second kappa shape index (κ2) is 7.76. The number of benzene rings is 2. The molecule has 2 rings (SSSR count). The van der Waals surface area contributed by atoms with E-state index in [1.165, 1.54) is 16.7 Å². The van der Waals surface area contributed by atoms with Crippen LogP contribution in [0.2, 0.25) is 0 Å². The van der Waals surface area contributed by atoms with Gasteiger partial charge in [0.1, 0.15) is 5.84 Å². The third-order valence-electron chi connectivity index (χ3n) is 3.71. The maximum absolute atomic E-state index is 5.80. The number of aliphatic imine (C=N–C) groups is 1. The van der Waals surface area contributed by atoms with E-state index in [4.69, 9.17) is 5.73 Å². The lowest BCUT2D eigenvalue weighted by molar-refractivity contribution is 0.402. The highest BCUT2D eigenvalue weighted by molar-refractivity contribution is 5.97. The van der Waals surface area contributed by atoms with Crippen LogP contribution in [0.15, 0.2) is 53.5 Å². The lowest BCUT2D eigenvalue weighted by Crippen LogP contribution is -2.12. The van der Waals surface area contributed by atoms with Crippen LogP contribution in [-0.4, -0.2) is 31.9 Å². The van der Waals surface area contributed by atoms with E-state index in [-0.39, 0.29) is 0 Å². The van der Waals surface area contributed by atoms with Gasteiger partial charge in [-0.15, -0.1) is 0 Å². The lowest BCUT2D eigenvalue weighted by atomic mass is 10.0. The van der Waals surface area contributed by atoms with Crippen LogP contribution in [0.4, 0.5) is 0 Å². The molecule has 0 aliphatic rings. The van der Waals surface area contributed by atoms with E-state index in [1.807, 2.05) is 12.1 Å². The fraction of sp³-hybridized carbons (Fsp3) is 0.316. The van der Waals surface area contributed by atoms with Crippen molar-refractivity contribution in [3.8, 4) is 0 Å². The van der Waals surface area contributed by atoms with Crippen LogP contribution in [0.25, 0.3) is 0 Å². The molecule has 0 saturated carbocycles. The number of aryl methyl sites for hydroxylation is 2. The minimum absolute atomic E-state index is 0.586. The summed E-state index contributed by atoms with van der Waals surface area (Å²) in [6.07, 6.45) is 2.09. The Morgan fingerprint density at radius 1 is 0.864 bits per heavy atom. The maximum Gasteiger partial charge on any atom is 0.125 e. The third kappa shape index (κ3) is 4.71. The van der Waals surface area contributed by atoms with Gasteiger partial charge in [0.25, 0.3) is 0 Å². The summed E-state index contributed by atoms with van der Waals surface area (Å²) < 4.78 is 0. The van der Waals surface area contributed by atoms with Crippen LogP contribution in [-0.2, 0) is 19.4 Å². The molecule has 0 spiro atoms. The van der Waals surface area contributed by atoms with Crippen LogP contribution in [0.1, 0.15) is 22.3 Å². The standard InChI is InChI=1S/C19H25N3/c1-21-19(20)18-12-10-16(11-13-18)5-4-15-6-8-17(9-7-15)14-22(2)3/h6-13H,4-5,14H2,1-3H3,(H2,20,21). The van der Waals surface area contributed by atoms with Gasteiger partial charge >= 0.3 is 0 Å². The van der Waals surface area contributed by atoms with E-state index in [9.17, 15) is 0 Å². The highest BCUT2D eigenvalue weighted by atomic mass is 15.0. The molecule has 0 aromatic heterocycles. The van der Waals surface area contributed by atoms with Crippen molar-refractivity contribution >= 4 is 5.84 Å². The summed E-state index contributed by atoms with van der Waals surface area (Å²) in [5.74, 6) is 0.586. The summed E-state index contributed by atoms with van der Waals surface area (Å²) in [6, 6.07) is 17.2. The summed E-state index contributed by atoms with van der Waals surface area (Å²) in [7, 11) is 5.89. The molecule has 3 heteroatoms. The third-order valence-corrected chi connectivity index (χ3v) is 3.71. The summed E-state index contributed by atoms with van der Waals surface area (Å²) >= 11 is 0. The van der Waals surface area contributed by atoms with E-state index < -0.39 is 0 Å². The van der Waals surface area contributed by atoms with Gasteiger partial charge in [0.2, 0.25) is 0 Å². The Bertz CT molecular complexity index is 610. The first-order valence-electron chi connectivity index (χ1n) is 7.62. The number of amidine groups is 1. The summed E-state index contributed by atoms with van der Waals surface area (Å²) in [5.41, 5.74) is 10.8. The molecular weight excluding hydrogens is 270 g/mol. The first-order valence-corrected chi connectivity index (χ1v) is 7.62. The molecule has 0 bridgehead atoms. The van der Waals surface area contributed by atoms with E-state index in [0.717, 1.165) is 24.9 Å². The van der Waals surface area contributed by atoms with Gasteiger partial charge in [-0.2, -0.15) is 0 Å². The van der Waals surface area contributed by atoms with Crippen LogP contribution >= 0.6 is 0 Å². The van der Waals surface area contributed by atoms with Crippen LogP contribution in [0, 0.1) is 0 Å². The topological polar surface area (TPSA) is 41.6 Å². The number of hydrogen-bond acceptors (Lipinski definition) is 2. The molecule has 2 aromatic rings. The second-order valence-corrected chi connectivity index (χ2v) is 5.86. The molecule has 0 saturated heterocycles. The molecule has 2 N–H and O–H groups in total. The quantitative estimate of drug-likeness (QED) is 0.657. The molecular formula is C19H25N3. The van der Waals surface area contributed by atoms with Crippen molar-refractivity contribution in [2.24, 2.45) is 10.7 Å². The zero-order chi connectivity index (χ0) is 15.9. The Balaban J connectivity index is 1.92. The number of nitrogens with two attached hydrogens (primary N) is 1. The van der Waals surface area contributed by atoms with Gasteiger partial charge in [0.15, 0.2) is 0 Å². The predicted octanol–water partition coefficient (Wildman–Crippen LogP) is 2.87. The second-order valence-electron chi connectivity index (χ2n) is 5.86. The first kappa shape index (κ1) is 16.2. The Morgan fingerprint density at radius 3 is 1.77 bits per heavy atom. The van der Waals surface area contributed by atoms with E-state index in [0.29, 0.717) is 5.84 Å². The van der Waals surface area contributed by atoms with Gasteiger partial charge in [-0.25, -0.2) is 0 Å². The Labute approximate surface area is 133 Å². The van der Waals surface area contributed by atoms with Crippen molar-refractivity contribution in [3.63, 3.8) is 0 Å². The highest BCUT2D eigenvalue weighted by Gasteiger charge is 2.00. The van der Waals surface area contributed by atoms with Crippen molar-refractivity contribution in [1.82, 2.24) is 4.90 Å². The summed E-state index contributed by atoms with van der Waals surface area (Å²) in [6.45, 7) is 0.988. The predicted molar refractivity (Wildman–Crippen MR) is 94.3 cm³/mol. The minimum Gasteiger partial charge on any atom is -0.384 e. The zero-order valence-electron chi connectivity index (χ0n) is 13.7. The molecule has 0 aliphatic heterocycles. The molecule has 0 atom stereocenters. The van der Waals surface area contributed by atoms with Crippen LogP contribution < -0.4 is 5.73 Å². The molecule has 22 heavy (non-hydrogen) atoms. The Kier molecular flexibility index (Phi) is 5.73. The smallest absolute Gasteiger partial charge is 0.125 e. The van der Waals surface area contributed by atoms with E-state index in [1.54, 1.807) is 7.05 Å². The molecule has 0 amide bonds. The molecule has 3 nitrogen and oxygen atoms in total. The summed E-state index contributed by atoms with van der Waals surface area (Å²) in [5, 5.41) is 0. The number of hydrogen-bond donors (Lipinski definition) is 1. The average Bonchev–Trinajstić information content (AvgIpc) is 2.53. The lowest BCUT2D eigenvalue weighted by Gasteiger charge is -2.10. The zero-order valence-corrected chi connectivity index (χ0v) is 13.7. The summed E-state index contributed by atoms with van der Waals surface area (Å²) in [4.78, 5) is 6.18. The largest absolute Gasteiger partial charge is 0.384 e. The van der Waals surface area contributed by atoms with Crippen molar-refractivity contribution in [2.75, 3.05) is 21.1 Å². The van der Waals surface area contributed by atoms with Gasteiger partial charge in [-0.05, 0) is 43.6 Å². The highest BCUT2D eigenvalue weighted by Crippen LogP contribution is 2.11. The maximum atomic E-state index is 5.80. The van der Waals surface area contributed by atoms with Crippen molar-refractivity contribution in [1.29, 1.82) is 0 Å². The minimum atomic E-state index is 0.586. The number of nitrogens with zero attached hydrogens (tertiary/aromatic N) is 2. The van der Waals surface area contributed by atoms with Crippen LogP contribution in [0.3, 0.4) is 0 Å². The Hall–Kier alpha value is -2.13. The normalized spacial score (nSPS) is 11.9. The molecule has 0 fully saturated rings. The first-order chi connectivity index (χ1) is 10.6. The average molecular weight is 295 g/mol. The van der Waals surface area contributed by atoms with Crippen molar-refractivity contribution in [3.05, 3.63) is 70.8 Å². The van der Waals surface area contributed by atoms with Crippen LogP contribution in [0.5, 0.6) is 0 Å². The van der Waals surface area contributed by atoms with E-state index in [2.05, 4.69) is 60.4 Å². The fourth-order valence-corrected chi connectivity index (χ4v) is 2.44. The van der Waals surface area contributed by atoms with Gasteiger partial charge in [0.05, 0.1) is 0 Å². The van der Waals surface area contributed by atoms with E-state index >= 15 is 0 Å². The van der Waals surface area contributed by atoms with Gasteiger partial charge in [0, 0.05) is 19.2 Å². The number of rotatable bonds is 6. The Morgan fingerprint density at radius 2 is 1.32 bits per heavy atom. The molecule has 0 heterocycles. The SMILES string of the molecule is CN=C(N)c1ccc(CCc2ccc(CN(C)C)cc2)cc1. The van der Waals surface area contributed by atoms with Crippen molar-refractivity contribution in [2.45, 2.75) is 19.4 Å². The van der Waals surface area contributed by atoms with Gasteiger partial charge in [-0.1, -0.05) is 48.5 Å². The molecule has 0 aliphatic carbocycles.